The minimum absolute atomic E-state index is 0.244. The van der Waals surface area contributed by atoms with Crippen LogP contribution in [0.25, 0.3) is 17.1 Å². The number of hydrogen-bond acceptors (Lipinski definition) is 9. The molecule has 176 valence electrons. The summed E-state index contributed by atoms with van der Waals surface area (Å²) in [4.78, 5) is 21.0. The second-order valence-corrected chi connectivity index (χ2v) is 9.11. The number of ether oxygens (including phenoxy) is 1. The Kier molecular flexibility index (Phi) is 6.87. The summed E-state index contributed by atoms with van der Waals surface area (Å²) in [6, 6.07) is 15.1. The van der Waals surface area contributed by atoms with Gasteiger partial charge in [-0.2, -0.15) is 0 Å². The number of para-hydroxylation sites is 2. The number of rotatable bonds is 9. The molecule has 11 heteroatoms. The molecule has 0 spiro atoms. The zero-order valence-electron chi connectivity index (χ0n) is 18.6. The number of carbonyl (C=O) groups excluding carboxylic acids is 1. The second kappa shape index (κ2) is 10.5. The van der Waals surface area contributed by atoms with Crippen molar-refractivity contribution in [2.45, 2.75) is 17.5 Å². The standard InChI is InChI=1S/C24H20N6O3S2/c1-32-20-7-3-2-6-19(20)30-22(16-8-10-25-11-9-16)28-29-24(30)35-15-21-27-18(14-34-21)23(31)26-13-17-5-4-12-33-17/h2-12,14H,13,15H2,1H3,(H,26,31). The number of carbonyl (C=O) groups is 1. The maximum atomic E-state index is 12.4. The van der Waals surface area contributed by atoms with Crippen molar-refractivity contribution in [2.75, 3.05) is 7.11 Å². The van der Waals surface area contributed by atoms with Crippen molar-refractivity contribution in [1.82, 2.24) is 30.0 Å². The molecule has 0 saturated carbocycles. The van der Waals surface area contributed by atoms with Gasteiger partial charge in [0.15, 0.2) is 11.0 Å². The number of pyridine rings is 1. The van der Waals surface area contributed by atoms with E-state index in [0.717, 1.165) is 16.3 Å². The predicted molar refractivity (Wildman–Crippen MR) is 133 cm³/mol. The van der Waals surface area contributed by atoms with Gasteiger partial charge in [-0.25, -0.2) is 4.98 Å². The molecule has 35 heavy (non-hydrogen) atoms. The fourth-order valence-electron chi connectivity index (χ4n) is 3.36. The average Bonchev–Trinajstić information content (AvgIpc) is 3.67. The number of furan rings is 1. The topological polar surface area (TPSA) is 108 Å². The lowest BCUT2D eigenvalue weighted by atomic mass is 10.2. The number of benzene rings is 1. The van der Waals surface area contributed by atoms with Crippen LogP contribution in [0.3, 0.4) is 0 Å². The molecule has 0 unspecified atom stereocenters. The van der Waals surface area contributed by atoms with Gasteiger partial charge in [0.05, 0.1) is 31.4 Å². The van der Waals surface area contributed by atoms with Gasteiger partial charge in [-0.1, -0.05) is 23.9 Å². The minimum Gasteiger partial charge on any atom is -0.495 e. The molecule has 0 bridgehead atoms. The van der Waals surface area contributed by atoms with E-state index in [-0.39, 0.29) is 5.91 Å². The molecule has 1 N–H and O–H groups in total. The Hall–Kier alpha value is -3.96. The zero-order chi connectivity index (χ0) is 24.0. The second-order valence-electron chi connectivity index (χ2n) is 7.23. The van der Waals surface area contributed by atoms with Crippen molar-refractivity contribution in [3.63, 3.8) is 0 Å². The van der Waals surface area contributed by atoms with E-state index in [2.05, 4.69) is 25.5 Å². The summed E-state index contributed by atoms with van der Waals surface area (Å²) >= 11 is 2.91. The van der Waals surface area contributed by atoms with Gasteiger partial charge in [-0.15, -0.1) is 21.5 Å². The van der Waals surface area contributed by atoms with E-state index < -0.39 is 0 Å². The van der Waals surface area contributed by atoms with Crippen LogP contribution in [0.4, 0.5) is 0 Å². The predicted octanol–water partition coefficient (Wildman–Crippen LogP) is 4.61. The van der Waals surface area contributed by atoms with Gasteiger partial charge < -0.3 is 14.5 Å². The molecule has 0 aliphatic carbocycles. The van der Waals surface area contributed by atoms with E-state index in [9.17, 15) is 4.79 Å². The molecule has 4 heterocycles. The highest BCUT2D eigenvalue weighted by Crippen LogP contribution is 2.33. The first-order valence-corrected chi connectivity index (χ1v) is 12.5. The van der Waals surface area contributed by atoms with Crippen molar-refractivity contribution in [3.8, 4) is 22.8 Å². The molecule has 0 fully saturated rings. The molecule has 9 nitrogen and oxygen atoms in total. The first-order valence-electron chi connectivity index (χ1n) is 10.6. The number of nitrogens with one attached hydrogen (secondary N) is 1. The summed E-state index contributed by atoms with van der Waals surface area (Å²) in [5, 5.41) is 14.9. The van der Waals surface area contributed by atoms with Gasteiger partial charge in [0, 0.05) is 23.3 Å². The lowest BCUT2D eigenvalue weighted by Crippen LogP contribution is -2.22. The fraction of sp³-hybridized carbons (Fsp3) is 0.125. The quantitative estimate of drug-likeness (QED) is 0.290. The Bertz CT molecular complexity index is 1420. The SMILES string of the molecule is COc1ccccc1-n1c(SCc2nc(C(=O)NCc3ccco3)cs2)nnc1-c1ccncc1. The lowest BCUT2D eigenvalue weighted by molar-refractivity contribution is 0.0943. The number of methoxy groups -OCH3 is 1. The van der Waals surface area contributed by atoms with Crippen molar-refractivity contribution in [1.29, 1.82) is 0 Å². The summed E-state index contributed by atoms with van der Waals surface area (Å²) in [7, 11) is 1.64. The van der Waals surface area contributed by atoms with Gasteiger partial charge in [0.2, 0.25) is 0 Å². The van der Waals surface area contributed by atoms with E-state index in [4.69, 9.17) is 9.15 Å². The highest BCUT2D eigenvalue weighted by Gasteiger charge is 2.20. The third kappa shape index (κ3) is 5.10. The van der Waals surface area contributed by atoms with E-state index >= 15 is 0 Å². The van der Waals surface area contributed by atoms with Gasteiger partial charge in [0.1, 0.15) is 22.2 Å². The zero-order valence-corrected chi connectivity index (χ0v) is 20.3. The number of thiazole rings is 1. The van der Waals surface area contributed by atoms with Gasteiger partial charge in [0.25, 0.3) is 5.91 Å². The van der Waals surface area contributed by atoms with Crippen LogP contribution in [-0.2, 0) is 12.3 Å². The average molecular weight is 505 g/mol. The van der Waals surface area contributed by atoms with E-state index in [1.54, 1.807) is 37.2 Å². The van der Waals surface area contributed by atoms with Crippen LogP contribution in [0.2, 0.25) is 0 Å². The highest BCUT2D eigenvalue weighted by atomic mass is 32.2. The molecule has 1 amide bonds. The normalized spacial score (nSPS) is 10.9. The van der Waals surface area contributed by atoms with Crippen LogP contribution >= 0.6 is 23.1 Å². The van der Waals surface area contributed by atoms with E-state index in [1.165, 1.54) is 23.1 Å². The summed E-state index contributed by atoms with van der Waals surface area (Å²) in [6.45, 7) is 0.313. The monoisotopic (exact) mass is 504 g/mol. The van der Waals surface area contributed by atoms with Crippen LogP contribution in [0.1, 0.15) is 21.3 Å². The number of thioether (sulfide) groups is 1. The van der Waals surface area contributed by atoms with Crippen molar-refractivity contribution in [2.24, 2.45) is 0 Å². The summed E-state index contributed by atoms with van der Waals surface area (Å²) < 4.78 is 12.8. The molecule has 4 aromatic heterocycles. The first kappa shape index (κ1) is 22.8. The van der Waals surface area contributed by atoms with E-state index in [1.807, 2.05) is 47.0 Å². The summed E-state index contributed by atoms with van der Waals surface area (Å²) in [5.74, 6) is 2.35. The van der Waals surface area contributed by atoms with Crippen molar-refractivity contribution >= 4 is 29.0 Å². The van der Waals surface area contributed by atoms with Crippen molar-refractivity contribution in [3.05, 3.63) is 89.0 Å². The fourth-order valence-corrected chi connectivity index (χ4v) is 5.10. The molecule has 0 aliphatic heterocycles. The Morgan fingerprint density at radius 2 is 2.00 bits per heavy atom. The van der Waals surface area contributed by atoms with Crippen LogP contribution in [-0.4, -0.2) is 37.7 Å². The largest absolute Gasteiger partial charge is 0.495 e. The highest BCUT2D eigenvalue weighted by molar-refractivity contribution is 7.98. The first-order chi connectivity index (χ1) is 17.2. The molecule has 5 aromatic rings. The maximum Gasteiger partial charge on any atom is 0.271 e. The van der Waals surface area contributed by atoms with Crippen molar-refractivity contribution < 1.29 is 13.9 Å². The molecular formula is C24H20N6O3S2. The summed E-state index contributed by atoms with van der Waals surface area (Å²) in [5.41, 5.74) is 2.09. The number of nitrogens with zero attached hydrogens (tertiary/aromatic N) is 5. The molecule has 5 rings (SSSR count). The van der Waals surface area contributed by atoms with Crippen LogP contribution in [0, 0.1) is 0 Å². The number of amides is 1. The molecule has 0 radical (unpaired) electrons. The van der Waals surface area contributed by atoms with Gasteiger partial charge in [-0.05, 0) is 36.4 Å². The van der Waals surface area contributed by atoms with Crippen LogP contribution in [0.15, 0.2) is 82.1 Å². The van der Waals surface area contributed by atoms with Gasteiger partial charge in [-0.3, -0.25) is 14.3 Å². The Balaban J connectivity index is 1.36. The number of aromatic nitrogens is 5. The van der Waals surface area contributed by atoms with Crippen LogP contribution in [0.5, 0.6) is 5.75 Å². The lowest BCUT2D eigenvalue weighted by Gasteiger charge is -2.13. The molecule has 1 aromatic carbocycles. The Morgan fingerprint density at radius 1 is 1.14 bits per heavy atom. The van der Waals surface area contributed by atoms with Gasteiger partial charge >= 0.3 is 0 Å². The molecule has 0 saturated heterocycles. The maximum absolute atomic E-state index is 12.4. The molecule has 0 atom stereocenters. The Labute approximate surface area is 209 Å². The van der Waals surface area contributed by atoms with E-state index in [0.29, 0.717) is 40.5 Å². The molecular weight excluding hydrogens is 484 g/mol. The minimum atomic E-state index is -0.244. The molecule has 0 aliphatic rings. The summed E-state index contributed by atoms with van der Waals surface area (Å²) in [6.07, 6.45) is 5.01. The number of hydrogen-bond donors (Lipinski definition) is 1. The third-order valence-corrected chi connectivity index (χ3v) is 6.98. The Morgan fingerprint density at radius 3 is 2.80 bits per heavy atom. The third-order valence-electron chi connectivity index (χ3n) is 5.01. The van der Waals surface area contributed by atoms with Crippen LogP contribution < -0.4 is 10.1 Å². The smallest absolute Gasteiger partial charge is 0.271 e.